The molecule has 1 aromatic carbocycles. The van der Waals surface area contributed by atoms with E-state index in [1.807, 2.05) is 13.8 Å². The van der Waals surface area contributed by atoms with E-state index in [1.54, 1.807) is 0 Å². The second kappa shape index (κ2) is 4.07. The fourth-order valence-corrected chi connectivity index (χ4v) is 2.17. The molecule has 1 unspecified atom stereocenters. The van der Waals surface area contributed by atoms with E-state index in [1.165, 1.54) is 10.8 Å². The lowest BCUT2D eigenvalue weighted by atomic mass is 10.2. The van der Waals surface area contributed by atoms with Crippen LogP contribution in [-0.4, -0.2) is 19.9 Å². The molecule has 0 aliphatic heterocycles. The van der Waals surface area contributed by atoms with Crippen LogP contribution in [0.4, 0.5) is 0 Å². The third-order valence-electron chi connectivity index (χ3n) is 2.15. The lowest BCUT2D eigenvalue weighted by Crippen LogP contribution is -2.38. The van der Waals surface area contributed by atoms with Crippen LogP contribution in [0, 0.1) is 6.92 Å². The Morgan fingerprint density at radius 2 is 1.85 bits per heavy atom. The van der Waals surface area contributed by atoms with Crippen molar-refractivity contribution in [1.29, 1.82) is 0 Å². The Morgan fingerprint density at radius 3 is 2.31 bits per heavy atom. The van der Waals surface area contributed by atoms with Crippen LogP contribution in [0.2, 0.25) is 0 Å². The minimum absolute atomic E-state index is 0.483. The molecule has 0 heterocycles. The fraction of sp³-hybridized carbons (Fsp3) is 0.455. The first kappa shape index (κ1) is 10.5. The van der Waals surface area contributed by atoms with Crippen LogP contribution < -0.4 is 5.19 Å². The molecule has 0 spiro atoms. The monoisotopic (exact) mass is 192 g/mol. The van der Waals surface area contributed by atoms with Gasteiger partial charge in [-0.25, -0.2) is 0 Å². The van der Waals surface area contributed by atoms with Crippen LogP contribution in [0.3, 0.4) is 0 Å². The summed E-state index contributed by atoms with van der Waals surface area (Å²) in [5, 5.41) is 10.6. The number of aliphatic hydroxyl groups is 1. The zero-order chi connectivity index (χ0) is 9.90. The van der Waals surface area contributed by atoms with Crippen LogP contribution in [0.5, 0.6) is 0 Å². The number of aryl methyl sites for hydroxylation is 1. The molecule has 13 heavy (non-hydrogen) atoms. The van der Waals surface area contributed by atoms with E-state index in [-0.39, 0.29) is 0 Å². The van der Waals surface area contributed by atoms with E-state index >= 15 is 0 Å². The molecular formula is C11H16OSi. The summed E-state index contributed by atoms with van der Waals surface area (Å²) in [4.78, 5) is 0. The Kier molecular flexibility index (Phi) is 3.28. The van der Waals surface area contributed by atoms with Crippen molar-refractivity contribution >= 4 is 14.7 Å². The molecule has 0 bridgehead atoms. The Labute approximate surface area is 82.6 Å². The number of hydrogen-bond donors (Lipinski definition) is 1. The van der Waals surface area contributed by atoms with Crippen LogP contribution in [-0.2, 0) is 0 Å². The van der Waals surface area contributed by atoms with Gasteiger partial charge in [-0.1, -0.05) is 41.9 Å². The Hall–Kier alpha value is -0.603. The number of rotatable bonds is 3. The van der Waals surface area contributed by atoms with E-state index < -0.39 is 5.22 Å². The number of hydrogen-bond acceptors (Lipinski definition) is 1. The van der Waals surface area contributed by atoms with Crippen molar-refractivity contribution in [2.75, 3.05) is 0 Å². The lowest BCUT2D eigenvalue weighted by molar-refractivity contribution is 0.142. The third kappa shape index (κ3) is 3.33. The van der Waals surface area contributed by atoms with Crippen molar-refractivity contribution in [3.63, 3.8) is 0 Å². The van der Waals surface area contributed by atoms with E-state index in [2.05, 4.69) is 31.2 Å². The summed E-state index contributed by atoms with van der Waals surface area (Å²) in [6.45, 7) is 5.98. The first-order valence-corrected chi connectivity index (χ1v) is 5.61. The van der Waals surface area contributed by atoms with Crippen molar-refractivity contribution in [2.24, 2.45) is 0 Å². The highest BCUT2D eigenvalue weighted by molar-refractivity contribution is 6.56. The largest absolute Gasteiger partial charge is 0.394 e. The van der Waals surface area contributed by atoms with E-state index in [0.29, 0.717) is 9.52 Å². The highest BCUT2D eigenvalue weighted by atomic mass is 28.2. The summed E-state index contributed by atoms with van der Waals surface area (Å²) in [6, 6.07) is 8.37. The van der Waals surface area contributed by atoms with Crippen LogP contribution in [0.1, 0.15) is 25.8 Å². The summed E-state index contributed by atoms with van der Waals surface area (Å²) < 4.78 is 0. The van der Waals surface area contributed by atoms with Crippen LogP contribution in [0.15, 0.2) is 24.3 Å². The van der Waals surface area contributed by atoms with Crippen molar-refractivity contribution < 1.29 is 5.11 Å². The minimum atomic E-state index is -0.532. The smallest absolute Gasteiger partial charge is 0.122 e. The third-order valence-corrected chi connectivity index (χ3v) is 3.67. The molecule has 0 aromatic heterocycles. The molecule has 0 aliphatic rings. The van der Waals surface area contributed by atoms with Gasteiger partial charge >= 0.3 is 0 Å². The van der Waals surface area contributed by atoms with Crippen LogP contribution in [0.25, 0.3) is 0 Å². The maximum absolute atomic E-state index is 9.86. The maximum Gasteiger partial charge on any atom is 0.122 e. The topological polar surface area (TPSA) is 20.2 Å². The van der Waals surface area contributed by atoms with Crippen molar-refractivity contribution in [1.82, 2.24) is 0 Å². The molecular weight excluding hydrogens is 176 g/mol. The molecule has 0 amide bonds. The molecule has 1 rings (SSSR count). The normalized spacial score (nSPS) is 15.4. The van der Waals surface area contributed by atoms with Crippen molar-refractivity contribution in [2.45, 2.75) is 32.4 Å². The molecule has 0 saturated carbocycles. The molecule has 2 radical (unpaired) electrons. The zero-order valence-corrected chi connectivity index (χ0v) is 9.46. The molecule has 1 atom stereocenters. The quantitative estimate of drug-likeness (QED) is 0.719. The minimum Gasteiger partial charge on any atom is -0.394 e. The van der Waals surface area contributed by atoms with Crippen molar-refractivity contribution in [3.05, 3.63) is 29.8 Å². The van der Waals surface area contributed by atoms with Gasteiger partial charge in [0.1, 0.15) is 9.52 Å². The van der Waals surface area contributed by atoms with Gasteiger partial charge in [-0.15, -0.1) is 0 Å². The average Bonchev–Trinajstić information content (AvgIpc) is 2.09. The average molecular weight is 192 g/mol. The molecule has 70 valence electrons. The predicted octanol–water partition coefficient (Wildman–Crippen LogP) is 1.44. The van der Waals surface area contributed by atoms with Gasteiger partial charge < -0.3 is 5.11 Å². The summed E-state index contributed by atoms with van der Waals surface area (Å²) in [7, 11) is 0.483. The van der Waals surface area contributed by atoms with Gasteiger partial charge in [0.25, 0.3) is 0 Å². The van der Waals surface area contributed by atoms with Gasteiger partial charge in [0.2, 0.25) is 0 Å². The van der Waals surface area contributed by atoms with Crippen molar-refractivity contribution in [3.8, 4) is 0 Å². The molecule has 0 fully saturated rings. The Balaban J connectivity index is 2.69. The second-order valence-electron chi connectivity index (χ2n) is 3.62. The van der Waals surface area contributed by atoms with E-state index in [0.717, 1.165) is 6.42 Å². The van der Waals surface area contributed by atoms with Gasteiger partial charge in [0, 0.05) is 0 Å². The summed E-state index contributed by atoms with van der Waals surface area (Å²) >= 11 is 0. The Bertz CT molecular complexity index is 264. The highest BCUT2D eigenvalue weighted by Gasteiger charge is 2.18. The molecule has 2 heteroatoms. The van der Waals surface area contributed by atoms with E-state index in [9.17, 15) is 5.11 Å². The zero-order valence-electron chi connectivity index (χ0n) is 8.46. The first-order chi connectivity index (χ1) is 6.03. The van der Waals surface area contributed by atoms with Gasteiger partial charge in [-0.05, 0) is 20.3 Å². The van der Waals surface area contributed by atoms with E-state index in [4.69, 9.17) is 0 Å². The molecule has 1 aromatic rings. The lowest BCUT2D eigenvalue weighted by Gasteiger charge is -2.19. The summed E-state index contributed by atoms with van der Waals surface area (Å²) in [5.41, 5.74) is 1.27. The first-order valence-electron chi connectivity index (χ1n) is 4.61. The second-order valence-corrected chi connectivity index (χ2v) is 5.52. The fourth-order valence-electron chi connectivity index (χ4n) is 1.04. The standard InChI is InChI=1S/C11H16OSi/c1-4-11(3,12)13-10-7-5-9(2)6-8-10/h5-8,12H,4H2,1-3H3. The molecule has 0 aliphatic carbocycles. The highest BCUT2D eigenvalue weighted by Crippen LogP contribution is 2.05. The summed E-state index contributed by atoms with van der Waals surface area (Å²) in [5.74, 6) is 0. The molecule has 0 saturated heterocycles. The van der Waals surface area contributed by atoms with Gasteiger partial charge in [0.15, 0.2) is 0 Å². The van der Waals surface area contributed by atoms with Crippen LogP contribution >= 0.6 is 0 Å². The van der Waals surface area contributed by atoms with Gasteiger partial charge in [-0.2, -0.15) is 0 Å². The molecule has 1 nitrogen and oxygen atoms in total. The summed E-state index contributed by atoms with van der Waals surface area (Å²) in [6.07, 6.45) is 0.805. The number of benzene rings is 1. The predicted molar refractivity (Wildman–Crippen MR) is 57.5 cm³/mol. The SMILES string of the molecule is CCC(C)(O)[Si]c1ccc(C)cc1. The molecule has 1 N–H and O–H groups in total. The Morgan fingerprint density at radius 1 is 1.31 bits per heavy atom. The van der Waals surface area contributed by atoms with Gasteiger partial charge in [0.05, 0.1) is 5.22 Å². The van der Waals surface area contributed by atoms with Gasteiger partial charge in [-0.3, -0.25) is 0 Å². The maximum atomic E-state index is 9.86.